The molecule has 1 saturated carbocycles. The van der Waals surface area contributed by atoms with Crippen LogP contribution in [0.3, 0.4) is 0 Å². The van der Waals surface area contributed by atoms with Crippen LogP contribution in [-0.2, 0) is 11.3 Å². The quantitative estimate of drug-likeness (QED) is 0.697. The minimum Gasteiger partial charge on any atom is -0.339 e. The highest BCUT2D eigenvalue weighted by Crippen LogP contribution is 2.36. The molecule has 3 nitrogen and oxygen atoms in total. The molecule has 3 aliphatic rings. The summed E-state index contributed by atoms with van der Waals surface area (Å²) in [6, 6.07) is 9.07. The van der Waals surface area contributed by atoms with Crippen LogP contribution in [0.25, 0.3) is 0 Å². The number of nitrogens with zero attached hydrogens (tertiary/aromatic N) is 2. The van der Waals surface area contributed by atoms with Gasteiger partial charge in [0.2, 0.25) is 5.91 Å². The molecule has 0 radical (unpaired) electrons. The summed E-state index contributed by atoms with van der Waals surface area (Å²) in [6.45, 7) is 4.36. The predicted molar refractivity (Wildman–Crippen MR) is 109 cm³/mol. The number of amides is 1. The van der Waals surface area contributed by atoms with Gasteiger partial charge in [0.25, 0.3) is 0 Å². The van der Waals surface area contributed by atoms with Gasteiger partial charge in [-0.25, -0.2) is 0 Å². The van der Waals surface area contributed by atoms with Crippen LogP contribution in [0.4, 0.5) is 0 Å². The molecule has 4 heteroatoms. The molecular weight excluding hydrogens is 388 g/mol. The molecule has 1 aromatic carbocycles. The number of rotatable bonds is 4. The van der Waals surface area contributed by atoms with E-state index < -0.39 is 0 Å². The molecule has 142 valence electrons. The van der Waals surface area contributed by atoms with Crippen molar-refractivity contribution in [1.29, 1.82) is 0 Å². The van der Waals surface area contributed by atoms with Gasteiger partial charge in [0.1, 0.15) is 0 Å². The van der Waals surface area contributed by atoms with Crippen molar-refractivity contribution in [2.24, 2.45) is 11.8 Å². The Morgan fingerprint density at radius 2 is 1.73 bits per heavy atom. The molecule has 2 saturated heterocycles. The van der Waals surface area contributed by atoms with Gasteiger partial charge in [0, 0.05) is 29.5 Å². The largest absolute Gasteiger partial charge is 0.339 e. The molecule has 0 aromatic heterocycles. The molecule has 0 unspecified atom stereocenters. The number of carbonyl (C=O) groups excluding carboxylic acids is 1. The minimum atomic E-state index is 0.367. The summed E-state index contributed by atoms with van der Waals surface area (Å²) in [6.07, 6.45) is 9.78. The second-order valence-electron chi connectivity index (χ2n) is 8.43. The van der Waals surface area contributed by atoms with E-state index in [2.05, 4.69) is 50.0 Å². The Balaban J connectivity index is 1.36. The number of piperidine rings is 1. The molecule has 0 N–H and O–H groups in total. The van der Waals surface area contributed by atoms with E-state index >= 15 is 0 Å². The summed E-state index contributed by atoms with van der Waals surface area (Å²) in [7, 11) is 0. The number of benzene rings is 1. The lowest BCUT2D eigenvalue weighted by atomic mass is 9.85. The zero-order chi connectivity index (χ0) is 17.9. The summed E-state index contributed by atoms with van der Waals surface area (Å²) in [5, 5.41) is 0. The van der Waals surface area contributed by atoms with Crippen molar-refractivity contribution in [3.8, 4) is 0 Å². The highest BCUT2D eigenvalue weighted by molar-refractivity contribution is 9.10. The average molecular weight is 419 g/mol. The Morgan fingerprint density at radius 3 is 2.46 bits per heavy atom. The molecule has 2 aliphatic heterocycles. The van der Waals surface area contributed by atoms with E-state index in [9.17, 15) is 4.79 Å². The monoisotopic (exact) mass is 418 g/mol. The first-order valence-corrected chi connectivity index (χ1v) is 11.3. The molecule has 1 aromatic rings. The number of halogens is 1. The first-order chi connectivity index (χ1) is 12.7. The Hall–Kier alpha value is -0.870. The van der Waals surface area contributed by atoms with Crippen LogP contribution in [0.15, 0.2) is 28.7 Å². The van der Waals surface area contributed by atoms with E-state index in [1.54, 1.807) is 0 Å². The zero-order valence-corrected chi connectivity index (χ0v) is 17.3. The maximum Gasteiger partial charge on any atom is 0.225 e. The van der Waals surface area contributed by atoms with E-state index in [1.165, 1.54) is 48.6 Å². The van der Waals surface area contributed by atoms with Gasteiger partial charge in [-0.05, 0) is 69.2 Å². The highest BCUT2D eigenvalue weighted by atomic mass is 79.9. The average Bonchev–Trinajstić information content (AvgIpc) is 3.51. The molecule has 3 fully saturated rings. The van der Waals surface area contributed by atoms with Crippen LogP contribution in [0.1, 0.15) is 56.9 Å². The van der Waals surface area contributed by atoms with Crippen LogP contribution in [0, 0.1) is 11.8 Å². The molecule has 1 amide bonds. The predicted octanol–water partition coefficient (Wildman–Crippen LogP) is 4.84. The van der Waals surface area contributed by atoms with E-state index in [0.29, 0.717) is 23.8 Å². The van der Waals surface area contributed by atoms with Gasteiger partial charge in [-0.2, -0.15) is 0 Å². The van der Waals surface area contributed by atoms with E-state index in [0.717, 1.165) is 39.0 Å². The number of hydrogen-bond acceptors (Lipinski definition) is 2. The third-order valence-electron chi connectivity index (χ3n) is 6.54. The Morgan fingerprint density at radius 1 is 0.962 bits per heavy atom. The third-order valence-corrected chi connectivity index (χ3v) is 7.31. The van der Waals surface area contributed by atoms with Crippen LogP contribution in [-0.4, -0.2) is 41.4 Å². The summed E-state index contributed by atoms with van der Waals surface area (Å²) in [5.74, 6) is 1.55. The molecule has 4 rings (SSSR count). The first-order valence-electron chi connectivity index (χ1n) is 10.5. The molecule has 1 aliphatic carbocycles. The Kier molecular flexibility index (Phi) is 6.00. The minimum absolute atomic E-state index is 0.367. The lowest BCUT2D eigenvalue weighted by molar-refractivity contribution is -0.136. The van der Waals surface area contributed by atoms with Crippen LogP contribution in [0.2, 0.25) is 0 Å². The van der Waals surface area contributed by atoms with Gasteiger partial charge in [-0.15, -0.1) is 0 Å². The summed E-state index contributed by atoms with van der Waals surface area (Å²) in [4.78, 5) is 17.7. The summed E-state index contributed by atoms with van der Waals surface area (Å²) < 4.78 is 1.21. The molecule has 0 spiro atoms. The maximum atomic E-state index is 12.8. The van der Waals surface area contributed by atoms with Crippen molar-refractivity contribution in [3.63, 3.8) is 0 Å². The van der Waals surface area contributed by atoms with E-state index in [-0.39, 0.29) is 0 Å². The van der Waals surface area contributed by atoms with Crippen LogP contribution in [0.5, 0.6) is 0 Å². The van der Waals surface area contributed by atoms with E-state index in [1.807, 2.05) is 0 Å². The fourth-order valence-electron chi connectivity index (χ4n) is 4.83. The lowest BCUT2D eigenvalue weighted by Gasteiger charge is -2.41. The highest BCUT2D eigenvalue weighted by Gasteiger charge is 2.39. The number of carbonyl (C=O) groups is 1. The topological polar surface area (TPSA) is 23.6 Å². The smallest absolute Gasteiger partial charge is 0.225 e. The molecule has 0 bridgehead atoms. The van der Waals surface area contributed by atoms with Gasteiger partial charge in [-0.1, -0.05) is 47.0 Å². The standard InChI is InChI=1S/C22H31BrN2O/c23-20-7-4-3-6-19(20)16-24-14-11-17(12-15-24)21-8-2-1-5-13-25(21)22(26)18-9-10-18/h3-4,6-7,17-18,21H,1-2,5,8-16H2/t21-/m1/s1. The SMILES string of the molecule is O=C(C1CC1)N1CCCCC[C@@H]1C1CCN(Cc2ccccc2Br)CC1. The van der Waals surface area contributed by atoms with Crippen molar-refractivity contribution in [3.05, 3.63) is 34.3 Å². The van der Waals surface area contributed by atoms with Gasteiger partial charge in [0.15, 0.2) is 0 Å². The van der Waals surface area contributed by atoms with Crippen LogP contribution >= 0.6 is 15.9 Å². The van der Waals surface area contributed by atoms with Crippen molar-refractivity contribution in [2.75, 3.05) is 19.6 Å². The number of likely N-dealkylation sites (tertiary alicyclic amines) is 2. The van der Waals surface area contributed by atoms with Crippen molar-refractivity contribution < 1.29 is 4.79 Å². The van der Waals surface area contributed by atoms with E-state index in [4.69, 9.17) is 0 Å². The van der Waals surface area contributed by atoms with Gasteiger partial charge < -0.3 is 4.90 Å². The zero-order valence-electron chi connectivity index (χ0n) is 15.7. The van der Waals surface area contributed by atoms with Crippen molar-refractivity contribution in [2.45, 2.75) is 64.0 Å². The third kappa shape index (κ3) is 4.33. The van der Waals surface area contributed by atoms with Crippen LogP contribution < -0.4 is 0 Å². The molecule has 26 heavy (non-hydrogen) atoms. The van der Waals surface area contributed by atoms with Gasteiger partial charge in [-0.3, -0.25) is 9.69 Å². The fourth-order valence-corrected chi connectivity index (χ4v) is 5.24. The second kappa shape index (κ2) is 8.43. The van der Waals surface area contributed by atoms with Gasteiger partial charge >= 0.3 is 0 Å². The molecule has 2 heterocycles. The summed E-state index contributed by atoms with van der Waals surface area (Å²) >= 11 is 3.68. The number of hydrogen-bond donors (Lipinski definition) is 0. The summed E-state index contributed by atoms with van der Waals surface area (Å²) in [5.41, 5.74) is 1.38. The Bertz CT molecular complexity index is 622. The second-order valence-corrected chi connectivity index (χ2v) is 9.28. The first kappa shape index (κ1) is 18.5. The molecular formula is C22H31BrN2O. The normalized spacial score (nSPS) is 25.9. The van der Waals surface area contributed by atoms with Crippen molar-refractivity contribution >= 4 is 21.8 Å². The van der Waals surface area contributed by atoms with Gasteiger partial charge in [0.05, 0.1) is 0 Å². The Labute approximate surface area is 166 Å². The maximum absolute atomic E-state index is 12.8. The van der Waals surface area contributed by atoms with Crippen molar-refractivity contribution in [1.82, 2.24) is 9.80 Å². The fraction of sp³-hybridized carbons (Fsp3) is 0.682. The lowest BCUT2D eigenvalue weighted by Crippen LogP contribution is -2.48. The molecule has 1 atom stereocenters.